The zero-order valence-corrected chi connectivity index (χ0v) is 11.5. The quantitative estimate of drug-likeness (QED) is 0.754. The highest BCUT2D eigenvalue weighted by atomic mass is 16.5. The molecule has 0 spiro atoms. The van der Waals surface area contributed by atoms with Crippen molar-refractivity contribution in [3.8, 4) is 5.75 Å². The highest BCUT2D eigenvalue weighted by molar-refractivity contribution is 5.30. The molecule has 1 aliphatic heterocycles. The smallest absolute Gasteiger partial charge is 0.118 e. The first kappa shape index (κ1) is 12.9. The Bertz CT molecular complexity index is 434. The van der Waals surface area contributed by atoms with Crippen LogP contribution in [0.3, 0.4) is 0 Å². The van der Waals surface area contributed by atoms with Crippen LogP contribution in [0.4, 0.5) is 0 Å². The molecule has 1 aliphatic carbocycles. The molecule has 3 rings (SSSR count). The van der Waals surface area contributed by atoms with Gasteiger partial charge in [-0.05, 0) is 43.4 Å². The molecule has 1 saturated carbocycles. The van der Waals surface area contributed by atoms with Crippen molar-refractivity contribution in [1.82, 2.24) is 10.9 Å². The van der Waals surface area contributed by atoms with Gasteiger partial charge in [-0.3, -0.25) is 10.9 Å². The van der Waals surface area contributed by atoms with Gasteiger partial charge in [0.1, 0.15) is 5.75 Å². The summed E-state index contributed by atoms with van der Waals surface area (Å²) < 4.78 is 5.19. The molecule has 5 atom stereocenters. The lowest BCUT2D eigenvalue weighted by Crippen LogP contribution is -2.43. The number of benzene rings is 1. The van der Waals surface area contributed by atoms with E-state index in [0.717, 1.165) is 18.6 Å². The third-order valence-corrected chi connectivity index (χ3v) is 4.63. The van der Waals surface area contributed by atoms with Crippen molar-refractivity contribution < 1.29 is 9.84 Å². The highest BCUT2D eigenvalue weighted by Crippen LogP contribution is 2.39. The van der Waals surface area contributed by atoms with Crippen LogP contribution >= 0.6 is 0 Å². The number of aliphatic hydroxyl groups is 1. The van der Waals surface area contributed by atoms with Crippen LogP contribution in [0.5, 0.6) is 5.75 Å². The second kappa shape index (κ2) is 5.12. The molecule has 1 aromatic rings. The van der Waals surface area contributed by atoms with Gasteiger partial charge in [0.05, 0.1) is 13.2 Å². The van der Waals surface area contributed by atoms with E-state index in [-0.39, 0.29) is 6.10 Å². The molecule has 2 fully saturated rings. The Kier molecular flexibility index (Phi) is 3.48. The van der Waals surface area contributed by atoms with E-state index in [2.05, 4.69) is 29.9 Å². The predicted octanol–water partition coefficient (Wildman–Crippen LogP) is 1.41. The number of hydrazine groups is 1. The Morgan fingerprint density at radius 3 is 2.58 bits per heavy atom. The summed E-state index contributed by atoms with van der Waals surface area (Å²) in [5.74, 6) is 1.63. The summed E-state index contributed by atoms with van der Waals surface area (Å²) in [4.78, 5) is 0. The third-order valence-electron chi connectivity index (χ3n) is 4.63. The fourth-order valence-electron chi connectivity index (χ4n) is 3.60. The standard InChI is InChI=1S/C15H22N2O2/c1-9-15-13(17-16-9)7-11(8-14(15)18)10-3-5-12(19-2)6-4-10/h3-6,9,11,13-18H,7-8H2,1-2H3. The van der Waals surface area contributed by atoms with Crippen molar-refractivity contribution in [2.45, 2.75) is 43.9 Å². The van der Waals surface area contributed by atoms with Crippen molar-refractivity contribution in [2.75, 3.05) is 7.11 Å². The molecule has 0 radical (unpaired) electrons. The van der Waals surface area contributed by atoms with Crippen molar-refractivity contribution in [3.05, 3.63) is 29.8 Å². The van der Waals surface area contributed by atoms with Gasteiger partial charge in [-0.2, -0.15) is 0 Å². The monoisotopic (exact) mass is 262 g/mol. The van der Waals surface area contributed by atoms with Gasteiger partial charge < -0.3 is 9.84 Å². The minimum Gasteiger partial charge on any atom is -0.497 e. The SMILES string of the molecule is COc1ccc(C2CC(O)C3C(C)NNC3C2)cc1. The molecule has 0 amide bonds. The van der Waals surface area contributed by atoms with Gasteiger partial charge in [0.15, 0.2) is 0 Å². The Balaban J connectivity index is 1.76. The van der Waals surface area contributed by atoms with E-state index in [0.29, 0.717) is 23.9 Å². The number of nitrogens with one attached hydrogen (secondary N) is 2. The number of methoxy groups -OCH3 is 1. The Morgan fingerprint density at radius 2 is 1.89 bits per heavy atom. The summed E-state index contributed by atoms with van der Waals surface area (Å²) in [7, 11) is 1.68. The zero-order valence-electron chi connectivity index (χ0n) is 11.5. The van der Waals surface area contributed by atoms with Crippen molar-refractivity contribution >= 4 is 0 Å². The van der Waals surface area contributed by atoms with Crippen LogP contribution in [0.25, 0.3) is 0 Å². The van der Waals surface area contributed by atoms with Crippen molar-refractivity contribution in [2.24, 2.45) is 5.92 Å². The van der Waals surface area contributed by atoms with E-state index in [4.69, 9.17) is 4.74 Å². The Morgan fingerprint density at radius 1 is 1.16 bits per heavy atom. The van der Waals surface area contributed by atoms with Gasteiger partial charge in [0, 0.05) is 18.0 Å². The number of rotatable bonds is 2. The summed E-state index contributed by atoms with van der Waals surface area (Å²) in [6, 6.07) is 8.93. The molecule has 4 heteroatoms. The van der Waals surface area contributed by atoms with Gasteiger partial charge >= 0.3 is 0 Å². The fraction of sp³-hybridized carbons (Fsp3) is 0.600. The molecule has 1 aromatic carbocycles. The van der Waals surface area contributed by atoms with Crippen LogP contribution in [0.2, 0.25) is 0 Å². The second-order valence-electron chi connectivity index (χ2n) is 5.77. The molecule has 1 heterocycles. The van der Waals surface area contributed by atoms with Gasteiger partial charge in [-0.25, -0.2) is 0 Å². The van der Waals surface area contributed by atoms with E-state index < -0.39 is 0 Å². The fourth-order valence-corrected chi connectivity index (χ4v) is 3.60. The van der Waals surface area contributed by atoms with Gasteiger partial charge in [-0.1, -0.05) is 12.1 Å². The average Bonchev–Trinajstić information content (AvgIpc) is 2.81. The largest absolute Gasteiger partial charge is 0.497 e. The maximum atomic E-state index is 10.4. The molecular weight excluding hydrogens is 240 g/mol. The Hall–Kier alpha value is -1.10. The van der Waals surface area contributed by atoms with Crippen molar-refractivity contribution in [3.63, 3.8) is 0 Å². The van der Waals surface area contributed by atoms with Crippen LogP contribution in [-0.4, -0.2) is 30.4 Å². The molecule has 2 aliphatic rings. The lowest BCUT2D eigenvalue weighted by molar-refractivity contribution is 0.0498. The molecule has 4 nitrogen and oxygen atoms in total. The predicted molar refractivity (Wildman–Crippen MR) is 74.0 cm³/mol. The maximum Gasteiger partial charge on any atom is 0.118 e. The third kappa shape index (κ3) is 2.36. The van der Waals surface area contributed by atoms with Crippen LogP contribution in [0, 0.1) is 5.92 Å². The lowest BCUT2D eigenvalue weighted by atomic mass is 9.72. The first-order valence-corrected chi connectivity index (χ1v) is 7.02. The number of ether oxygens (including phenoxy) is 1. The van der Waals surface area contributed by atoms with Gasteiger partial charge in [0.2, 0.25) is 0 Å². The minimum atomic E-state index is -0.233. The summed E-state index contributed by atoms with van der Waals surface area (Å²) in [6.45, 7) is 2.13. The molecule has 0 bridgehead atoms. The van der Waals surface area contributed by atoms with Crippen molar-refractivity contribution in [1.29, 1.82) is 0 Å². The normalized spacial score (nSPS) is 37.9. The Labute approximate surface area is 114 Å². The number of hydrogen-bond acceptors (Lipinski definition) is 4. The first-order valence-electron chi connectivity index (χ1n) is 7.02. The average molecular weight is 262 g/mol. The highest BCUT2D eigenvalue weighted by Gasteiger charge is 2.43. The van der Waals surface area contributed by atoms with Gasteiger partial charge in [0.25, 0.3) is 0 Å². The molecule has 0 aromatic heterocycles. The molecular formula is C15H22N2O2. The van der Waals surface area contributed by atoms with E-state index in [1.807, 2.05) is 12.1 Å². The summed E-state index contributed by atoms with van der Waals surface area (Å²) in [5, 5.41) is 10.4. The van der Waals surface area contributed by atoms with Crippen LogP contribution < -0.4 is 15.6 Å². The number of aliphatic hydroxyl groups excluding tert-OH is 1. The summed E-state index contributed by atoms with van der Waals surface area (Å²) >= 11 is 0. The van der Waals surface area contributed by atoms with E-state index >= 15 is 0 Å². The molecule has 3 N–H and O–H groups in total. The molecule has 1 saturated heterocycles. The van der Waals surface area contributed by atoms with Crippen LogP contribution in [0.15, 0.2) is 24.3 Å². The maximum absolute atomic E-state index is 10.4. The van der Waals surface area contributed by atoms with E-state index in [1.54, 1.807) is 7.11 Å². The molecule has 104 valence electrons. The zero-order chi connectivity index (χ0) is 13.4. The van der Waals surface area contributed by atoms with Crippen LogP contribution in [0.1, 0.15) is 31.2 Å². The minimum absolute atomic E-state index is 0.233. The van der Waals surface area contributed by atoms with E-state index in [9.17, 15) is 5.11 Å². The number of hydrogen-bond donors (Lipinski definition) is 3. The summed E-state index contributed by atoms with van der Waals surface area (Å²) in [6.07, 6.45) is 1.69. The first-order chi connectivity index (χ1) is 9.19. The number of fused-ring (bicyclic) bond motifs is 1. The van der Waals surface area contributed by atoms with Gasteiger partial charge in [-0.15, -0.1) is 0 Å². The lowest BCUT2D eigenvalue weighted by Gasteiger charge is -2.36. The summed E-state index contributed by atoms with van der Waals surface area (Å²) in [5.41, 5.74) is 7.87. The molecule has 5 unspecified atom stereocenters. The topological polar surface area (TPSA) is 53.5 Å². The molecule has 19 heavy (non-hydrogen) atoms. The van der Waals surface area contributed by atoms with Crippen LogP contribution in [-0.2, 0) is 0 Å². The second-order valence-corrected chi connectivity index (χ2v) is 5.77. The van der Waals surface area contributed by atoms with E-state index in [1.165, 1.54) is 5.56 Å².